The van der Waals surface area contributed by atoms with E-state index in [0.29, 0.717) is 5.56 Å². The molecule has 1 aromatic carbocycles. The van der Waals surface area contributed by atoms with Gasteiger partial charge in [-0.1, -0.05) is 43.0 Å². The molecule has 3 nitrogen and oxygen atoms in total. The second-order valence-corrected chi connectivity index (χ2v) is 3.17. The van der Waals surface area contributed by atoms with E-state index < -0.39 is 5.97 Å². The molecule has 0 unspecified atom stereocenters. The Hall–Kier alpha value is -2.42. The number of carboxylic acids is 1. The van der Waals surface area contributed by atoms with Crippen molar-refractivity contribution in [3.63, 3.8) is 0 Å². The standard InChI is InChI=1S/C9H8O2.C5H5N/c1-7(9(10)11)8-5-3-2-4-6-8;1-2-4-6-5-3-1/h2-6H,1H2,(H,10,11);1-5H. The maximum Gasteiger partial charge on any atom is 0.335 e. The van der Waals surface area contributed by atoms with Crippen LogP contribution in [0.4, 0.5) is 0 Å². The van der Waals surface area contributed by atoms with Gasteiger partial charge in [0, 0.05) is 12.4 Å². The van der Waals surface area contributed by atoms with Crippen LogP contribution < -0.4 is 0 Å². The summed E-state index contributed by atoms with van der Waals surface area (Å²) in [6.45, 7) is 3.42. The van der Waals surface area contributed by atoms with Gasteiger partial charge in [0.2, 0.25) is 0 Å². The molecule has 1 N–H and O–H groups in total. The number of hydrogen-bond donors (Lipinski definition) is 1. The predicted molar refractivity (Wildman–Crippen MR) is 67.3 cm³/mol. The fraction of sp³-hybridized carbons (Fsp3) is 0. The van der Waals surface area contributed by atoms with E-state index in [1.54, 1.807) is 36.7 Å². The second-order valence-electron chi connectivity index (χ2n) is 3.17. The minimum atomic E-state index is -0.976. The number of aromatic nitrogens is 1. The van der Waals surface area contributed by atoms with Crippen molar-refractivity contribution >= 4 is 11.5 Å². The molecule has 0 aliphatic carbocycles. The van der Waals surface area contributed by atoms with Gasteiger partial charge in [0.15, 0.2) is 0 Å². The summed E-state index contributed by atoms with van der Waals surface area (Å²) in [7, 11) is 0. The minimum Gasteiger partial charge on any atom is -0.478 e. The summed E-state index contributed by atoms with van der Waals surface area (Å²) in [5.74, 6) is -0.976. The highest BCUT2D eigenvalue weighted by Crippen LogP contribution is 2.10. The summed E-state index contributed by atoms with van der Waals surface area (Å²) in [4.78, 5) is 14.2. The van der Waals surface area contributed by atoms with E-state index >= 15 is 0 Å². The zero-order valence-corrected chi connectivity index (χ0v) is 9.28. The molecule has 0 saturated heterocycles. The Balaban J connectivity index is 0.000000202. The quantitative estimate of drug-likeness (QED) is 0.802. The third-order valence-electron chi connectivity index (χ3n) is 1.95. The molecule has 0 aliphatic heterocycles. The Morgan fingerprint density at radius 2 is 1.53 bits per heavy atom. The lowest BCUT2D eigenvalue weighted by atomic mass is 10.1. The lowest BCUT2D eigenvalue weighted by Gasteiger charge is -1.97. The third kappa shape index (κ3) is 4.75. The van der Waals surface area contributed by atoms with E-state index in [1.165, 1.54) is 0 Å². The number of hydrogen-bond acceptors (Lipinski definition) is 2. The zero-order chi connectivity index (χ0) is 12.5. The number of rotatable bonds is 2. The predicted octanol–water partition coefficient (Wildman–Crippen LogP) is 2.87. The summed E-state index contributed by atoms with van der Waals surface area (Å²) < 4.78 is 0. The molecule has 1 heterocycles. The number of carbonyl (C=O) groups is 1. The highest BCUT2D eigenvalue weighted by Gasteiger charge is 2.04. The van der Waals surface area contributed by atoms with Crippen molar-refractivity contribution in [2.24, 2.45) is 0 Å². The van der Waals surface area contributed by atoms with Crippen LogP contribution in [0.1, 0.15) is 5.56 Å². The lowest BCUT2D eigenvalue weighted by Crippen LogP contribution is -1.96. The summed E-state index contributed by atoms with van der Waals surface area (Å²) in [5.41, 5.74) is 0.783. The van der Waals surface area contributed by atoms with Gasteiger partial charge in [-0.3, -0.25) is 4.98 Å². The molecule has 86 valence electrons. The molecule has 0 spiro atoms. The number of nitrogens with zero attached hydrogens (tertiary/aromatic N) is 1. The average molecular weight is 227 g/mol. The van der Waals surface area contributed by atoms with Crippen molar-refractivity contribution in [3.8, 4) is 0 Å². The van der Waals surface area contributed by atoms with Crippen molar-refractivity contribution in [2.75, 3.05) is 0 Å². The van der Waals surface area contributed by atoms with Crippen LogP contribution in [0, 0.1) is 0 Å². The van der Waals surface area contributed by atoms with Gasteiger partial charge < -0.3 is 5.11 Å². The molecular formula is C14H13NO2. The molecule has 0 fully saturated rings. The number of carboxylic acid groups (broad SMARTS) is 1. The first-order chi connectivity index (χ1) is 8.22. The van der Waals surface area contributed by atoms with E-state index in [2.05, 4.69) is 11.6 Å². The van der Waals surface area contributed by atoms with Crippen LogP contribution in [-0.2, 0) is 4.79 Å². The summed E-state index contributed by atoms with van der Waals surface area (Å²) in [5, 5.41) is 8.54. The Morgan fingerprint density at radius 3 is 1.88 bits per heavy atom. The van der Waals surface area contributed by atoms with Gasteiger partial charge >= 0.3 is 5.97 Å². The number of pyridine rings is 1. The molecule has 2 aromatic rings. The van der Waals surface area contributed by atoms with Crippen LogP contribution in [0.15, 0.2) is 67.5 Å². The van der Waals surface area contributed by atoms with E-state index in [-0.39, 0.29) is 5.57 Å². The van der Waals surface area contributed by atoms with E-state index in [4.69, 9.17) is 5.11 Å². The van der Waals surface area contributed by atoms with E-state index in [0.717, 1.165) is 0 Å². The largest absolute Gasteiger partial charge is 0.478 e. The maximum absolute atomic E-state index is 10.4. The SMILES string of the molecule is C=C(C(=O)O)c1ccccc1.c1ccncc1. The minimum absolute atomic E-state index is 0.130. The molecule has 3 heteroatoms. The molecule has 0 saturated carbocycles. The first-order valence-electron chi connectivity index (χ1n) is 5.04. The van der Waals surface area contributed by atoms with Gasteiger partial charge in [0.05, 0.1) is 5.57 Å². The van der Waals surface area contributed by atoms with Crippen LogP contribution in [0.2, 0.25) is 0 Å². The molecule has 17 heavy (non-hydrogen) atoms. The summed E-state index contributed by atoms with van der Waals surface area (Å²) in [6, 6.07) is 14.5. The van der Waals surface area contributed by atoms with Gasteiger partial charge in [-0.05, 0) is 17.7 Å². The monoisotopic (exact) mass is 227 g/mol. The lowest BCUT2D eigenvalue weighted by molar-refractivity contribution is -0.130. The van der Waals surface area contributed by atoms with Crippen molar-refractivity contribution in [3.05, 3.63) is 73.1 Å². The topological polar surface area (TPSA) is 50.2 Å². The molecule has 1 aromatic heterocycles. The zero-order valence-electron chi connectivity index (χ0n) is 9.28. The van der Waals surface area contributed by atoms with Crippen molar-refractivity contribution in [1.29, 1.82) is 0 Å². The van der Waals surface area contributed by atoms with Crippen LogP contribution in [0.5, 0.6) is 0 Å². The van der Waals surface area contributed by atoms with Gasteiger partial charge in [0.1, 0.15) is 0 Å². The summed E-state index contributed by atoms with van der Waals surface area (Å²) >= 11 is 0. The molecule has 0 atom stereocenters. The van der Waals surface area contributed by atoms with Crippen molar-refractivity contribution in [2.45, 2.75) is 0 Å². The Bertz CT molecular complexity index is 439. The van der Waals surface area contributed by atoms with Crippen molar-refractivity contribution in [1.82, 2.24) is 4.98 Å². The Labute approximate surface area is 100 Å². The van der Waals surface area contributed by atoms with Crippen LogP contribution in [-0.4, -0.2) is 16.1 Å². The van der Waals surface area contributed by atoms with Crippen molar-refractivity contribution < 1.29 is 9.90 Å². The Morgan fingerprint density at radius 1 is 1.00 bits per heavy atom. The smallest absolute Gasteiger partial charge is 0.335 e. The van der Waals surface area contributed by atoms with Crippen LogP contribution >= 0.6 is 0 Å². The molecule has 0 radical (unpaired) electrons. The third-order valence-corrected chi connectivity index (χ3v) is 1.95. The van der Waals surface area contributed by atoms with E-state index in [1.807, 2.05) is 24.3 Å². The Kier molecular flexibility index (Phi) is 5.17. The number of benzene rings is 1. The first-order valence-corrected chi connectivity index (χ1v) is 5.04. The highest BCUT2D eigenvalue weighted by molar-refractivity contribution is 6.14. The average Bonchev–Trinajstić information content (AvgIpc) is 2.41. The fourth-order valence-electron chi connectivity index (χ4n) is 1.08. The molecule has 2 rings (SSSR count). The second kappa shape index (κ2) is 6.95. The van der Waals surface area contributed by atoms with Gasteiger partial charge in [-0.25, -0.2) is 4.79 Å². The normalized spacial score (nSPS) is 8.71. The van der Waals surface area contributed by atoms with Crippen LogP contribution in [0.25, 0.3) is 5.57 Å². The van der Waals surface area contributed by atoms with E-state index in [9.17, 15) is 4.79 Å². The fourth-order valence-corrected chi connectivity index (χ4v) is 1.08. The van der Waals surface area contributed by atoms with Gasteiger partial charge in [-0.15, -0.1) is 0 Å². The number of aliphatic carboxylic acids is 1. The van der Waals surface area contributed by atoms with Gasteiger partial charge in [0.25, 0.3) is 0 Å². The first kappa shape index (κ1) is 12.6. The molecule has 0 bridgehead atoms. The molecule has 0 amide bonds. The molecule has 0 aliphatic rings. The van der Waals surface area contributed by atoms with Crippen LogP contribution in [0.3, 0.4) is 0 Å². The molecular weight excluding hydrogens is 214 g/mol. The maximum atomic E-state index is 10.4. The highest BCUT2D eigenvalue weighted by atomic mass is 16.4. The summed E-state index contributed by atoms with van der Waals surface area (Å²) in [6.07, 6.45) is 3.50. The van der Waals surface area contributed by atoms with Gasteiger partial charge in [-0.2, -0.15) is 0 Å².